The van der Waals surface area contributed by atoms with Crippen LogP contribution < -0.4 is 15.2 Å². The molecule has 132 valence electrons. The maximum Gasteiger partial charge on any atom is 0.250 e. The first-order valence-electron chi connectivity index (χ1n) is 8.48. The number of nitrogens with two attached hydrogens (primary N) is 1. The highest BCUT2D eigenvalue weighted by atomic mass is 16.7. The van der Waals surface area contributed by atoms with E-state index < -0.39 is 5.91 Å². The lowest BCUT2D eigenvalue weighted by Crippen LogP contribution is -2.12. The first-order chi connectivity index (χ1) is 12.5. The Labute approximate surface area is 152 Å². The van der Waals surface area contributed by atoms with Gasteiger partial charge in [-0.1, -0.05) is 35.9 Å². The molecule has 4 rings (SSSR count). The second-order valence-electron chi connectivity index (χ2n) is 6.53. The Morgan fingerprint density at radius 3 is 2.50 bits per heavy atom. The van der Waals surface area contributed by atoms with Gasteiger partial charge < -0.3 is 19.8 Å². The number of carbonyl (C=O) groups excluding carboxylic acids is 1. The van der Waals surface area contributed by atoms with E-state index in [1.165, 1.54) is 5.56 Å². The molecule has 5 nitrogen and oxygen atoms in total. The minimum absolute atomic E-state index is 0.252. The fourth-order valence-corrected chi connectivity index (χ4v) is 3.28. The van der Waals surface area contributed by atoms with Gasteiger partial charge in [-0.15, -0.1) is 0 Å². The van der Waals surface area contributed by atoms with E-state index in [2.05, 4.69) is 35.8 Å². The van der Waals surface area contributed by atoms with Crippen molar-refractivity contribution in [1.29, 1.82) is 0 Å². The number of aromatic nitrogens is 1. The Balaban J connectivity index is 1.78. The van der Waals surface area contributed by atoms with Crippen molar-refractivity contribution in [3.05, 3.63) is 70.9 Å². The predicted molar refractivity (Wildman–Crippen MR) is 99.5 cm³/mol. The van der Waals surface area contributed by atoms with Crippen LogP contribution in [0.1, 0.15) is 27.2 Å². The highest BCUT2D eigenvalue weighted by molar-refractivity contribution is 5.95. The van der Waals surface area contributed by atoms with Crippen molar-refractivity contribution in [3.63, 3.8) is 0 Å². The first-order valence-corrected chi connectivity index (χ1v) is 8.48. The fourth-order valence-electron chi connectivity index (χ4n) is 3.28. The molecule has 1 aliphatic heterocycles. The van der Waals surface area contributed by atoms with Crippen LogP contribution in [0, 0.1) is 13.8 Å². The van der Waals surface area contributed by atoms with E-state index >= 15 is 0 Å². The van der Waals surface area contributed by atoms with E-state index in [-0.39, 0.29) is 6.79 Å². The van der Waals surface area contributed by atoms with Gasteiger partial charge in [0.2, 0.25) is 6.79 Å². The number of amides is 1. The van der Waals surface area contributed by atoms with Gasteiger partial charge in [-0.2, -0.15) is 0 Å². The third-order valence-electron chi connectivity index (χ3n) is 4.76. The number of carbonyl (C=O) groups is 1. The lowest BCUT2D eigenvalue weighted by atomic mass is 10.1. The van der Waals surface area contributed by atoms with Gasteiger partial charge >= 0.3 is 0 Å². The van der Waals surface area contributed by atoms with Gasteiger partial charge in [0.25, 0.3) is 5.91 Å². The first kappa shape index (κ1) is 16.3. The van der Waals surface area contributed by atoms with E-state index in [4.69, 9.17) is 15.2 Å². The molecule has 1 aliphatic rings. The summed E-state index contributed by atoms with van der Waals surface area (Å²) >= 11 is 0. The van der Waals surface area contributed by atoms with Gasteiger partial charge in [0.05, 0.1) is 5.56 Å². The van der Waals surface area contributed by atoms with Crippen LogP contribution in [-0.4, -0.2) is 17.3 Å². The monoisotopic (exact) mass is 348 g/mol. The largest absolute Gasteiger partial charge is 0.454 e. The number of fused-ring (bicyclic) bond motifs is 1. The maximum absolute atomic E-state index is 11.9. The molecule has 2 aromatic carbocycles. The molecule has 0 saturated carbocycles. The zero-order valence-corrected chi connectivity index (χ0v) is 14.8. The smallest absolute Gasteiger partial charge is 0.250 e. The van der Waals surface area contributed by atoms with Gasteiger partial charge in [0, 0.05) is 17.9 Å². The summed E-state index contributed by atoms with van der Waals surface area (Å²) in [4.78, 5) is 11.9. The zero-order chi connectivity index (χ0) is 18.3. The lowest BCUT2D eigenvalue weighted by Gasteiger charge is -2.13. The molecule has 2 heterocycles. The van der Waals surface area contributed by atoms with Crippen LogP contribution in [0.2, 0.25) is 0 Å². The zero-order valence-electron chi connectivity index (χ0n) is 14.8. The Morgan fingerprint density at radius 1 is 1.04 bits per heavy atom. The summed E-state index contributed by atoms with van der Waals surface area (Å²) in [7, 11) is 0. The van der Waals surface area contributed by atoms with Crippen LogP contribution in [-0.2, 0) is 6.54 Å². The van der Waals surface area contributed by atoms with Crippen LogP contribution in [0.25, 0.3) is 11.3 Å². The van der Waals surface area contributed by atoms with Gasteiger partial charge in [-0.25, -0.2) is 0 Å². The summed E-state index contributed by atoms with van der Waals surface area (Å²) in [5.74, 6) is 1.09. The Kier molecular flexibility index (Phi) is 3.92. The molecule has 0 atom stereocenters. The van der Waals surface area contributed by atoms with Crippen molar-refractivity contribution in [2.45, 2.75) is 20.4 Å². The Bertz CT molecular complexity index is 987. The summed E-state index contributed by atoms with van der Waals surface area (Å²) in [5, 5.41) is 0. The van der Waals surface area contributed by atoms with Crippen molar-refractivity contribution >= 4 is 5.91 Å². The highest BCUT2D eigenvalue weighted by Crippen LogP contribution is 2.34. The summed E-state index contributed by atoms with van der Waals surface area (Å²) in [6.07, 6.45) is 0. The van der Waals surface area contributed by atoms with Crippen molar-refractivity contribution < 1.29 is 14.3 Å². The Hall–Kier alpha value is -3.21. The second-order valence-corrected chi connectivity index (χ2v) is 6.53. The lowest BCUT2D eigenvalue weighted by molar-refractivity contribution is 0.0999. The summed E-state index contributed by atoms with van der Waals surface area (Å²) < 4.78 is 13.0. The molecule has 0 radical (unpaired) electrons. The summed E-state index contributed by atoms with van der Waals surface area (Å²) in [5.41, 5.74) is 11.2. The van der Waals surface area contributed by atoms with E-state index in [9.17, 15) is 4.79 Å². The molecule has 0 bridgehead atoms. The average Bonchev–Trinajstić information content (AvgIpc) is 3.21. The molecule has 1 aromatic heterocycles. The fraction of sp³-hybridized carbons (Fsp3) is 0.190. The molecule has 0 saturated heterocycles. The molecule has 0 aliphatic carbocycles. The normalized spacial score (nSPS) is 12.4. The van der Waals surface area contributed by atoms with Gasteiger partial charge in [0.15, 0.2) is 11.5 Å². The van der Waals surface area contributed by atoms with Crippen LogP contribution in [0.5, 0.6) is 11.5 Å². The van der Waals surface area contributed by atoms with E-state index in [1.54, 1.807) is 0 Å². The number of aryl methyl sites for hydroxylation is 1. The number of primary amides is 1. The Morgan fingerprint density at radius 2 is 1.77 bits per heavy atom. The summed E-state index contributed by atoms with van der Waals surface area (Å²) in [6, 6.07) is 16.0. The predicted octanol–water partition coefficient (Wildman–Crippen LogP) is 3.65. The maximum atomic E-state index is 11.9. The number of nitrogens with zero attached hydrogens (tertiary/aromatic N) is 1. The average molecular weight is 348 g/mol. The molecule has 3 aromatic rings. The molecule has 0 spiro atoms. The minimum Gasteiger partial charge on any atom is -0.454 e. The quantitative estimate of drug-likeness (QED) is 0.783. The molecule has 26 heavy (non-hydrogen) atoms. The molecule has 5 heteroatoms. The van der Waals surface area contributed by atoms with Crippen LogP contribution >= 0.6 is 0 Å². The molecular formula is C21H20N2O3. The van der Waals surface area contributed by atoms with Crippen molar-refractivity contribution in [2.24, 2.45) is 5.73 Å². The summed E-state index contributed by atoms with van der Waals surface area (Å²) in [6.45, 7) is 4.83. The van der Waals surface area contributed by atoms with Crippen LogP contribution in [0.15, 0.2) is 48.5 Å². The van der Waals surface area contributed by atoms with Crippen molar-refractivity contribution in [2.75, 3.05) is 6.79 Å². The van der Waals surface area contributed by atoms with E-state index in [0.29, 0.717) is 12.1 Å². The highest BCUT2D eigenvalue weighted by Gasteiger charge is 2.18. The molecule has 2 N–H and O–H groups in total. The third kappa shape index (κ3) is 2.81. The SMILES string of the molecule is Cc1ccc(-c2cc(C(N)=O)c(C)n2Cc2ccc3c(c2)OCO3)cc1. The van der Waals surface area contributed by atoms with Gasteiger partial charge in [-0.3, -0.25) is 4.79 Å². The topological polar surface area (TPSA) is 66.5 Å². The molecule has 0 fully saturated rings. The third-order valence-corrected chi connectivity index (χ3v) is 4.76. The van der Waals surface area contributed by atoms with Gasteiger partial charge in [0.1, 0.15) is 0 Å². The van der Waals surface area contributed by atoms with Crippen LogP contribution in [0.4, 0.5) is 0 Å². The van der Waals surface area contributed by atoms with Crippen LogP contribution in [0.3, 0.4) is 0 Å². The minimum atomic E-state index is -0.416. The van der Waals surface area contributed by atoms with Crippen molar-refractivity contribution in [3.8, 4) is 22.8 Å². The standard InChI is InChI=1S/C21H20N2O3/c1-13-3-6-16(7-4-13)18-10-17(21(22)24)14(2)23(18)11-15-5-8-19-20(9-15)26-12-25-19/h3-10H,11-12H2,1-2H3,(H2,22,24). The number of benzene rings is 2. The second kappa shape index (κ2) is 6.26. The molecular weight excluding hydrogens is 328 g/mol. The van der Waals surface area contributed by atoms with E-state index in [0.717, 1.165) is 34.0 Å². The van der Waals surface area contributed by atoms with E-state index in [1.807, 2.05) is 31.2 Å². The van der Waals surface area contributed by atoms with Crippen molar-refractivity contribution in [1.82, 2.24) is 4.57 Å². The number of ether oxygens (including phenoxy) is 2. The number of rotatable bonds is 4. The molecule has 0 unspecified atom stereocenters. The number of hydrogen-bond acceptors (Lipinski definition) is 3. The van der Waals surface area contributed by atoms with Gasteiger partial charge in [-0.05, 0) is 43.2 Å². The molecule has 1 amide bonds. The number of hydrogen-bond donors (Lipinski definition) is 1.